The smallest absolute Gasteiger partial charge is 0.0640 e. The number of halogens is 2. The summed E-state index contributed by atoms with van der Waals surface area (Å²) in [5, 5.41) is 1.25. The van der Waals surface area contributed by atoms with E-state index >= 15 is 0 Å². The molecule has 16 heavy (non-hydrogen) atoms. The zero-order valence-electron chi connectivity index (χ0n) is 9.13. The Hall–Kier alpha value is -0.280. The third-order valence-corrected chi connectivity index (χ3v) is 3.98. The summed E-state index contributed by atoms with van der Waals surface area (Å²) in [6, 6.07) is 5.96. The van der Waals surface area contributed by atoms with Gasteiger partial charge in [-0.2, -0.15) is 0 Å². The van der Waals surface area contributed by atoms with Crippen LogP contribution in [0.5, 0.6) is 0 Å². The minimum absolute atomic E-state index is 0.202. The van der Waals surface area contributed by atoms with Crippen molar-refractivity contribution in [1.29, 1.82) is 0 Å². The van der Waals surface area contributed by atoms with Crippen molar-refractivity contribution in [1.82, 2.24) is 4.90 Å². The second-order valence-electron chi connectivity index (χ2n) is 4.14. The maximum Gasteiger partial charge on any atom is 0.0640 e. The summed E-state index contributed by atoms with van der Waals surface area (Å²) in [4.78, 5) is 2.39. The first-order chi connectivity index (χ1) is 7.74. The molecule has 1 atom stereocenters. The third-order valence-electron chi connectivity index (χ3n) is 3.15. The molecule has 2 nitrogen and oxygen atoms in total. The maximum absolute atomic E-state index is 6.23. The number of hydrogen-bond donors (Lipinski definition) is 1. The number of nitrogens with zero attached hydrogens (tertiary/aromatic N) is 1. The Labute approximate surface area is 106 Å². The fourth-order valence-electron chi connectivity index (χ4n) is 2.30. The summed E-state index contributed by atoms with van der Waals surface area (Å²) in [5.41, 5.74) is 6.91. The summed E-state index contributed by atoms with van der Waals surface area (Å²) in [6.45, 7) is 2.79. The average Bonchev–Trinajstić information content (AvgIpc) is 2.79. The quantitative estimate of drug-likeness (QED) is 0.903. The topological polar surface area (TPSA) is 29.3 Å². The van der Waals surface area contributed by atoms with Crippen LogP contribution in [0.1, 0.15) is 24.4 Å². The highest BCUT2D eigenvalue weighted by Crippen LogP contribution is 2.33. The molecule has 0 aromatic heterocycles. The Morgan fingerprint density at radius 2 is 1.94 bits per heavy atom. The van der Waals surface area contributed by atoms with Crippen molar-refractivity contribution >= 4 is 23.2 Å². The van der Waals surface area contributed by atoms with Crippen LogP contribution in [0.4, 0.5) is 0 Å². The Morgan fingerprint density at radius 3 is 2.56 bits per heavy atom. The molecule has 2 rings (SSSR count). The first-order valence-electron chi connectivity index (χ1n) is 5.62. The van der Waals surface area contributed by atoms with E-state index < -0.39 is 0 Å². The second kappa shape index (κ2) is 5.37. The van der Waals surface area contributed by atoms with Gasteiger partial charge in [0.25, 0.3) is 0 Å². The van der Waals surface area contributed by atoms with Crippen LogP contribution in [0, 0.1) is 0 Å². The van der Waals surface area contributed by atoms with E-state index in [0.717, 1.165) is 18.7 Å². The summed E-state index contributed by atoms with van der Waals surface area (Å²) in [7, 11) is 0. The van der Waals surface area contributed by atoms with Crippen LogP contribution >= 0.6 is 23.2 Å². The van der Waals surface area contributed by atoms with Crippen molar-refractivity contribution in [2.24, 2.45) is 5.73 Å². The Morgan fingerprint density at radius 1 is 1.25 bits per heavy atom. The third kappa shape index (κ3) is 2.35. The van der Waals surface area contributed by atoms with Gasteiger partial charge in [-0.1, -0.05) is 35.3 Å². The monoisotopic (exact) mass is 258 g/mol. The van der Waals surface area contributed by atoms with Gasteiger partial charge < -0.3 is 5.73 Å². The molecule has 2 N–H and O–H groups in total. The molecule has 1 aromatic rings. The van der Waals surface area contributed by atoms with Crippen LogP contribution in [0.3, 0.4) is 0 Å². The SMILES string of the molecule is NC[C@@H](c1cccc(Cl)c1Cl)N1CCCC1. The van der Waals surface area contributed by atoms with E-state index in [1.165, 1.54) is 12.8 Å². The van der Waals surface area contributed by atoms with Gasteiger partial charge in [-0.05, 0) is 37.6 Å². The molecule has 1 aliphatic heterocycles. The summed E-state index contributed by atoms with van der Waals surface area (Å²) >= 11 is 12.3. The maximum atomic E-state index is 6.23. The highest BCUT2D eigenvalue weighted by Gasteiger charge is 2.24. The van der Waals surface area contributed by atoms with Gasteiger partial charge in [0.15, 0.2) is 0 Å². The highest BCUT2D eigenvalue weighted by molar-refractivity contribution is 6.42. The van der Waals surface area contributed by atoms with Crippen molar-refractivity contribution in [3.8, 4) is 0 Å². The predicted octanol–water partition coefficient (Wildman–Crippen LogP) is 3.09. The lowest BCUT2D eigenvalue weighted by molar-refractivity contribution is 0.251. The van der Waals surface area contributed by atoms with Gasteiger partial charge in [0, 0.05) is 12.6 Å². The van der Waals surface area contributed by atoms with Crippen LogP contribution < -0.4 is 5.73 Å². The van der Waals surface area contributed by atoms with E-state index in [9.17, 15) is 0 Å². The lowest BCUT2D eigenvalue weighted by atomic mass is 10.1. The fourth-order valence-corrected chi connectivity index (χ4v) is 2.74. The lowest BCUT2D eigenvalue weighted by Crippen LogP contribution is -2.31. The van der Waals surface area contributed by atoms with Crippen LogP contribution in [-0.4, -0.2) is 24.5 Å². The number of rotatable bonds is 3. The Kier molecular flexibility index (Phi) is 4.09. The standard InChI is InChI=1S/C12H16Cl2N2/c13-10-5-3-4-9(12(10)14)11(8-15)16-6-1-2-7-16/h3-5,11H,1-2,6-8,15H2/t11-/m0/s1. The number of hydrogen-bond acceptors (Lipinski definition) is 2. The largest absolute Gasteiger partial charge is 0.329 e. The molecular weight excluding hydrogens is 243 g/mol. The van der Waals surface area contributed by atoms with Gasteiger partial charge in [-0.3, -0.25) is 4.90 Å². The lowest BCUT2D eigenvalue weighted by Gasteiger charge is -2.27. The van der Waals surface area contributed by atoms with Gasteiger partial charge in [-0.25, -0.2) is 0 Å². The predicted molar refractivity (Wildman–Crippen MR) is 69.1 cm³/mol. The van der Waals surface area contributed by atoms with E-state index in [4.69, 9.17) is 28.9 Å². The van der Waals surface area contributed by atoms with Crippen LogP contribution in [0.15, 0.2) is 18.2 Å². The van der Waals surface area contributed by atoms with Gasteiger partial charge >= 0.3 is 0 Å². The van der Waals surface area contributed by atoms with Crippen molar-refractivity contribution in [3.05, 3.63) is 33.8 Å². The van der Waals surface area contributed by atoms with E-state index in [1.54, 1.807) is 0 Å². The summed E-state index contributed by atoms with van der Waals surface area (Å²) in [5.74, 6) is 0. The zero-order valence-corrected chi connectivity index (χ0v) is 10.6. The molecule has 0 unspecified atom stereocenters. The summed E-state index contributed by atoms with van der Waals surface area (Å²) in [6.07, 6.45) is 2.49. The molecular formula is C12H16Cl2N2. The molecule has 0 bridgehead atoms. The highest BCUT2D eigenvalue weighted by atomic mass is 35.5. The van der Waals surface area contributed by atoms with E-state index in [0.29, 0.717) is 16.6 Å². The minimum Gasteiger partial charge on any atom is -0.329 e. The Balaban J connectivity index is 2.28. The van der Waals surface area contributed by atoms with E-state index in [1.807, 2.05) is 18.2 Å². The number of benzene rings is 1. The molecule has 1 aromatic carbocycles. The van der Waals surface area contributed by atoms with Crippen LogP contribution in [0.25, 0.3) is 0 Å². The molecule has 1 aliphatic rings. The zero-order chi connectivity index (χ0) is 11.5. The van der Waals surface area contributed by atoms with Crippen molar-refractivity contribution in [2.45, 2.75) is 18.9 Å². The molecule has 88 valence electrons. The fraction of sp³-hybridized carbons (Fsp3) is 0.500. The molecule has 1 heterocycles. The first kappa shape index (κ1) is 12.2. The molecule has 0 saturated carbocycles. The molecule has 0 amide bonds. The molecule has 0 radical (unpaired) electrons. The second-order valence-corrected chi connectivity index (χ2v) is 4.92. The van der Waals surface area contributed by atoms with E-state index in [2.05, 4.69) is 4.90 Å². The molecule has 0 spiro atoms. The average molecular weight is 259 g/mol. The summed E-state index contributed by atoms with van der Waals surface area (Å²) < 4.78 is 0. The van der Waals surface area contributed by atoms with Crippen molar-refractivity contribution in [3.63, 3.8) is 0 Å². The molecule has 1 saturated heterocycles. The first-order valence-corrected chi connectivity index (χ1v) is 6.37. The molecule has 4 heteroatoms. The van der Waals surface area contributed by atoms with Crippen LogP contribution in [-0.2, 0) is 0 Å². The Bertz CT molecular complexity index is 362. The van der Waals surface area contributed by atoms with Gasteiger partial charge in [0.1, 0.15) is 0 Å². The van der Waals surface area contributed by atoms with Gasteiger partial charge in [0.2, 0.25) is 0 Å². The van der Waals surface area contributed by atoms with Crippen molar-refractivity contribution < 1.29 is 0 Å². The van der Waals surface area contributed by atoms with Gasteiger partial charge in [-0.15, -0.1) is 0 Å². The van der Waals surface area contributed by atoms with Crippen molar-refractivity contribution in [2.75, 3.05) is 19.6 Å². The van der Waals surface area contributed by atoms with E-state index in [-0.39, 0.29) is 6.04 Å². The molecule has 0 aliphatic carbocycles. The normalized spacial score (nSPS) is 18.9. The number of nitrogens with two attached hydrogens (primary N) is 1. The molecule has 1 fully saturated rings. The van der Waals surface area contributed by atoms with Crippen LogP contribution in [0.2, 0.25) is 10.0 Å². The van der Waals surface area contributed by atoms with Gasteiger partial charge in [0.05, 0.1) is 10.0 Å². The number of likely N-dealkylation sites (tertiary alicyclic amines) is 1. The minimum atomic E-state index is 0.202.